The van der Waals surface area contributed by atoms with Crippen molar-refractivity contribution >= 4 is 11.6 Å². The molecule has 4 heteroatoms. The normalized spacial score (nSPS) is 12.6. The maximum absolute atomic E-state index is 6.04. The summed E-state index contributed by atoms with van der Waals surface area (Å²) in [5.74, 6) is 0.689. The minimum atomic E-state index is -0.0431. The molecule has 1 aromatic carbocycles. The van der Waals surface area contributed by atoms with Crippen molar-refractivity contribution in [3.63, 3.8) is 0 Å². The first-order valence-corrected chi connectivity index (χ1v) is 5.22. The molecule has 0 saturated heterocycles. The van der Waals surface area contributed by atoms with Gasteiger partial charge in [-0.25, -0.2) is 0 Å². The van der Waals surface area contributed by atoms with Crippen molar-refractivity contribution in [1.82, 2.24) is 5.32 Å². The van der Waals surface area contributed by atoms with Gasteiger partial charge in [0.1, 0.15) is 5.75 Å². The van der Waals surface area contributed by atoms with E-state index in [0.29, 0.717) is 10.8 Å². The summed E-state index contributed by atoms with van der Waals surface area (Å²) in [6, 6.07) is 3.74. The van der Waals surface area contributed by atoms with Crippen molar-refractivity contribution in [1.29, 1.82) is 0 Å². The fraction of sp³-hybridized carbons (Fsp3) is 0.455. The van der Waals surface area contributed by atoms with Crippen molar-refractivity contribution in [2.75, 3.05) is 20.7 Å². The van der Waals surface area contributed by atoms with Crippen molar-refractivity contribution < 1.29 is 4.74 Å². The monoisotopic (exact) mass is 228 g/mol. The number of likely N-dealkylation sites (N-methyl/N-ethyl adjacent to an activating group) is 1. The molecule has 15 heavy (non-hydrogen) atoms. The lowest BCUT2D eigenvalue weighted by Crippen LogP contribution is -2.24. The van der Waals surface area contributed by atoms with Crippen molar-refractivity contribution in [2.45, 2.75) is 13.0 Å². The molecule has 84 valence electrons. The molecule has 0 aliphatic rings. The molecular weight excluding hydrogens is 212 g/mol. The van der Waals surface area contributed by atoms with Crippen LogP contribution >= 0.6 is 11.6 Å². The topological polar surface area (TPSA) is 47.3 Å². The van der Waals surface area contributed by atoms with Gasteiger partial charge in [0.2, 0.25) is 0 Å². The fourth-order valence-electron chi connectivity index (χ4n) is 1.56. The Morgan fingerprint density at radius 2 is 2.20 bits per heavy atom. The van der Waals surface area contributed by atoms with E-state index in [-0.39, 0.29) is 6.04 Å². The zero-order valence-corrected chi connectivity index (χ0v) is 10.1. The van der Waals surface area contributed by atoms with E-state index < -0.39 is 0 Å². The van der Waals surface area contributed by atoms with Gasteiger partial charge in [0.25, 0.3) is 0 Å². The highest BCUT2D eigenvalue weighted by molar-refractivity contribution is 6.32. The molecule has 1 unspecified atom stereocenters. The second-order valence-electron chi connectivity index (χ2n) is 3.51. The third kappa shape index (κ3) is 2.84. The highest BCUT2D eigenvalue weighted by Crippen LogP contribution is 2.29. The van der Waals surface area contributed by atoms with E-state index in [1.165, 1.54) is 0 Å². The molecule has 0 spiro atoms. The summed E-state index contributed by atoms with van der Waals surface area (Å²) in [6.07, 6.45) is 0. The summed E-state index contributed by atoms with van der Waals surface area (Å²) in [4.78, 5) is 0. The molecule has 1 rings (SSSR count). The Kier molecular flexibility index (Phi) is 4.39. The molecule has 3 nitrogen and oxygen atoms in total. The summed E-state index contributed by atoms with van der Waals surface area (Å²) in [5, 5.41) is 3.64. The van der Waals surface area contributed by atoms with E-state index in [1.54, 1.807) is 7.11 Å². The smallest absolute Gasteiger partial charge is 0.137 e. The van der Waals surface area contributed by atoms with Crippen LogP contribution in [0.15, 0.2) is 12.1 Å². The van der Waals surface area contributed by atoms with Gasteiger partial charge in [-0.1, -0.05) is 11.6 Å². The van der Waals surface area contributed by atoms with Crippen LogP contribution < -0.4 is 15.8 Å². The lowest BCUT2D eigenvalue weighted by atomic mass is 10.0. The van der Waals surface area contributed by atoms with Crippen molar-refractivity contribution in [2.24, 2.45) is 5.73 Å². The quantitative estimate of drug-likeness (QED) is 0.827. The van der Waals surface area contributed by atoms with Gasteiger partial charge in [0.15, 0.2) is 0 Å². The number of hydrogen-bond acceptors (Lipinski definition) is 3. The molecule has 0 heterocycles. The highest BCUT2D eigenvalue weighted by atomic mass is 35.5. The van der Waals surface area contributed by atoms with Crippen LogP contribution in [0.3, 0.4) is 0 Å². The number of methoxy groups -OCH3 is 1. The van der Waals surface area contributed by atoms with Crippen LogP contribution in [0.1, 0.15) is 17.2 Å². The standard InChI is InChI=1S/C11H17ClN2O/c1-7-4-11(15-3)9(12)5-8(7)10(13)6-14-2/h4-5,10,14H,6,13H2,1-3H3. The molecule has 0 bridgehead atoms. The molecule has 1 atom stereocenters. The van der Waals surface area contributed by atoms with Crippen LogP contribution in [-0.4, -0.2) is 20.7 Å². The summed E-state index contributed by atoms with van der Waals surface area (Å²) in [5.41, 5.74) is 8.15. The van der Waals surface area contributed by atoms with Crippen LogP contribution in [0.4, 0.5) is 0 Å². The first kappa shape index (κ1) is 12.3. The van der Waals surface area contributed by atoms with Gasteiger partial charge in [0, 0.05) is 12.6 Å². The van der Waals surface area contributed by atoms with E-state index in [1.807, 2.05) is 26.1 Å². The first-order valence-electron chi connectivity index (χ1n) is 4.84. The summed E-state index contributed by atoms with van der Waals surface area (Å²) >= 11 is 6.04. The molecule has 0 saturated carbocycles. The zero-order valence-electron chi connectivity index (χ0n) is 9.30. The number of hydrogen-bond donors (Lipinski definition) is 2. The summed E-state index contributed by atoms with van der Waals surface area (Å²) in [7, 11) is 3.48. The average Bonchev–Trinajstić information content (AvgIpc) is 2.21. The van der Waals surface area contributed by atoms with E-state index in [0.717, 1.165) is 17.7 Å². The van der Waals surface area contributed by atoms with Gasteiger partial charge in [-0.15, -0.1) is 0 Å². The van der Waals surface area contributed by atoms with E-state index in [2.05, 4.69) is 5.32 Å². The van der Waals surface area contributed by atoms with Crippen LogP contribution in [0, 0.1) is 6.92 Å². The fourth-order valence-corrected chi connectivity index (χ4v) is 1.81. The van der Waals surface area contributed by atoms with Crippen molar-refractivity contribution in [3.8, 4) is 5.75 Å². The zero-order chi connectivity index (χ0) is 11.4. The minimum Gasteiger partial charge on any atom is -0.495 e. The van der Waals surface area contributed by atoms with Crippen molar-refractivity contribution in [3.05, 3.63) is 28.3 Å². The van der Waals surface area contributed by atoms with E-state index in [4.69, 9.17) is 22.1 Å². The van der Waals surface area contributed by atoms with Crippen LogP contribution in [0.25, 0.3) is 0 Å². The first-order chi connectivity index (χ1) is 7.10. The lowest BCUT2D eigenvalue weighted by molar-refractivity contribution is 0.414. The van der Waals surface area contributed by atoms with E-state index in [9.17, 15) is 0 Å². The maximum atomic E-state index is 6.04. The van der Waals surface area contributed by atoms with Gasteiger partial charge in [-0.05, 0) is 37.2 Å². The van der Waals surface area contributed by atoms with E-state index >= 15 is 0 Å². The van der Waals surface area contributed by atoms with Crippen LogP contribution in [-0.2, 0) is 0 Å². The van der Waals surface area contributed by atoms with Gasteiger partial charge in [-0.2, -0.15) is 0 Å². The Balaban J connectivity index is 3.04. The number of nitrogens with two attached hydrogens (primary N) is 1. The third-order valence-corrected chi connectivity index (χ3v) is 2.66. The van der Waals surface area contributed by atoms with Gasteiger partial charge >= 0.3 is 0 Å². The van der Waals surface area contributed by atoms with Gasteiger partial charge in [0.05, 0.1) is 12.1 Å². The number of ether oxygens (including phenoxy) is 1. The second-order valence-corrected chi connectivity index (χ2v) is 3.91. The molecule has 0 aromatic heterocycles. The number of benzene rings is 1. The van der Waals surface area contributed by atoms with Gasteiger partial charge < -0.3 is 15.8 Å². The summed E-state index contributed by atoms with van der Waals surface area (Å²) < 4.78 is 5.13. The Morgan fingerprint density at radius 1 is 1.53 bits per heavy atom. The molecule has 0 aliphatic heterocycles. The Labute approximate surface area is 95.6 Å². The number of nitrogens with one attached hydrogen (secondary N) is 1. The molecule has 0 amide bonds. The molecule has 1 aromatic rings. The largest absolute Gasteiger partial charge is 0.495 e. The lowest BCUT2D eigenvalue weighted by Gasteiger charge is -2.16. The summed E-state index contributed by atoms with van der Waals surface area (Å²) in [6.45, 7) is 2.73. The Hall–Kier alpha value is -0.770. The predicted octanol–water partition coefficient (Wildman–Crippen LogP) is 1.88. The molecule has 0 radical (unpaired) electrons. The second kappa shape index (κ2) is 5.35. The van der Waals surface area contributed by atoms with Crippen LogP contribution in [0.2, 0.25) is 5.02 Å². The Bertz CT molecular complexity index is 342. The van der Waals surface area contributed by atoms with Crippen LogP contribution in [0.5, 0.6) is 5.75 Å². The third-order valence-electron chi connectivity index (χ3n) is 2.36. The SMILES string of the molecule is CNCC(N)c1cc(Cl)c(OC)cc1C. The Morgan fingerprint density at radius 3 is 2.73 bits per heavy atom. The number of rotatable bonds is 4. The predicted molar refractivity (Wildman–Crippen MR) is 63.6 cm³/mol. The number of aryl methyl sites for hydroxylation is 1. The number of halogens is 1. The highest BCUT2D eigenvalue weighted by Gasteiger charge is 2.11. The van der Waals surface area contributed by atoms with Gasteiger partial charge in [-0.3, -0.25) is 0 Å². The molecule has 3 N–H and O–H groups in total. The molecule has 0 fully saturated rings. The molecular formula is C11H17ClN2O. The average molecular weight is 229 g/mol. The minimum absolute atomic E-state index is 0.0431. The maximum Gasteiger partial charge on any atom is 0.137 e. The molecule has 0 aliphatic carbocycles.